The lowest BCUT2D eigenvalue weighted by atomic mass is 10.2. The molecule has 0 unspecified atom stereocenters. The highest BCUT2D eigenvalue weighted by atomic mass is 32.2. The number of aryl methyl sites for hydroxylation is 1. The molecule has 2 N–H and O–H groups in total. The predicted molar refractivity (Wildman–Crippen MR) is 113 cm³/mol. The number of methoxy groups -OCH3 is 1. The van der Waals surface area contributed by atoms with Gasteiger partial charge in [-0.05, 0) is 68.3 Å². The zero-order valence-electron chi connectivity index (χ0n) is 17.2. The Labute approximate surface area is 172 Å². The molecule has 0 bridgehead atoms. The summed E-state index contributed by atoms with van der Waals surface area (Å²) < 4.78 is 38.0. The third-order valence-corrected chi connectivity index (χ3v) is 5.87. The van der Waals surface area contributed by atoms with Crippen molar-refractivity contribution in [2.24, 2.45) is 0 Å². The highest BCUT2D eigenvalue weighted by Crippen LogP contribution is 2.22. The minimum Gasteiger partial charge on any atom is -0.497 e. The molecule has 0 fully saturated rings. The molecular weight excluding hydrogens is 392 g/mol. The summed E-state index contributed by atoms with van der Waals surface area (Å²) in [5, 5.41) is 2.76. The SMILES string of the molecule is CCCCOc1ccc(NC(=O)[C@H](C)NS(=O)(=O)c2ccc(OC)cc2)c(C)c1. The standard InChI is InChI=1S/C21H28N2O5S/c1-5-6-13-28-18-9-12-20(15(2)14-18)22-21(24)16(3)23-29(25,26)19-10-7-17(27-4)8-11-19/h7-12,14,16,23H,5-6,13H2,1-4H3,(H,22,24)/t16-/m0/s1. The van der Waals surface area contributed by atoms with Crippen molar-refractivity contribution < 1.29 is 22.7 Å². The van der Waals surface area contributed by atoms with E-state index in [0.717, 1.165) is 24.2 Å². The molecule has 1 atom stereocenters. The Kier molecular flexibility index (Phi) is 8.04. The fourth-order valence-corrected chi connectivity index (χ4v) is 3.75. The molecule has 1 amide bonds. The van der Waals surface area contributed by atoms with Crippen LogP contribution in [-0.2, 0) is 14.8 Å². The molecule has 158 valence electrons. The summed E-state index contributed by atoms with van der Waals surface area (Å²) >= 11 is 0. The average molecular weight is 421 g/mol. The Bertz CT molecular complexity index is 927. The van der Waals surface area contributed by atoms with Gasteiger partial charge in [-0.3, -0.25) is 4.79 Å². The highest BCUT2D eigenvalue weighted by molar-refractivity contribution is 7.89. The van der Waals surface area contributed by atoms with Crippen LogP contribution in [0.5, 0.6) is 11.5 Å². The molecule has 0 spiro atoms. The number of sulfonamides is 1. The smallest absolute Gasteiger partial charge is 0.242 e. The summed E-state index contributed by atoms with van der Waals surface area (Å²) in [5.74, 6) is 0.833. The van der Waals surface area contributed by atoms with Crippen molar-refractivity contribution in [2.75, 3.05) is 19.0 Å². The molecule has 8 heteroatoms. The van der Waals surface area contributed by atoms with Crippen molar-refractivity contribution in [3.8, 4) is 11.5 Å². The number of benzene rings is 2. The van der Waals surface area contributed by atoms with Crippen LogP contribution in [0, 0.1) is 6.92 Å². The molecule has 2 rings (SSSR count). The Balaban J connectivity index is 2.00. The predicted octanol–water partition coefficient (Wildman–Crippen LogP) is 3.49. The molecule has 2 aromatic carbocycles. The normalized spacial score (nSPS) is 12.3. The van der Waals surface area contributed by atoms with Gasteiger partial charge in [0.1, 0.15) is 11.5 Å². The summed E-state index contributed by atoms with van der Waals surface area (Å²) in [6.07, 6.45) is 2.03. The van der Waals surface area contributed by atoms with Crippen LogP contribution in [0.25, 0.3) is 0 Å². The van der Waals surface area contributed by atoms with Crippen molar-refractivity contribution in [2.45, 2.75) is 44.6 Å². The third kappa shape index (κ3) is 6.47. The van der Waals surface area contributed by atoms with Gasteiger partial charge in [-0.25, -0.2) is 8.42 Å². The number of rotatable bonds is 10. The molecule has 0 aromatic heterocycles. The molecule has 2 aromatic rings. The van der Waals surface area contributed by atoms with E-state index in [9.17, 15) is 13.2 Å². The van der Waals surface area contributed by atoms with E-state index in [1.165, 1.54) is 26.2 Å². The summed E-state index contributed by atoms with van der Waals surface area (Å²) in [7, 11) is -2.34. The maximum absolute atomic E-state index is 12.5. The summed E-state index contributed by atoms with van der Waals surface area (Å²) in [6.45, 7) is 6.09. The number of amides is 1. The van der Waals surface area contributed by atoms with Crippen LogP contribution in [0.4, 0.5) is 5.69 Å². The number of hydrogen-bond acceptors (Lipinski definition) is 5. The molecule has 0 heterocycles. The first-order valence-corrected chi connectivity index (χ1v) is 11.0. The van der Waals surface area contributed by atoms with E-state index >= 15 is 0 Å². The molecule has 0 aliphatic rings. The molecule has 0 radical (unpaired) electrons. The fourth-order valence-electron chi connectivity index (χ4n) is 2.55. The second-order valence-electron chi connectivity index (χ2n) is 6.69. The zero-order valence-corrected chi connectivity index (χ0v) is 18.0. The van der Waals surface area contributed by atoms with Gasteiger partial charge in [-0.15, -0.1) is 0 Å². The maximum Gasteiger partial charge on any atom is 0.242 e. The van der Waals surface area contributed by atoms with Gasteiger partial charge in [0.05, 0.1) is 24.7 Å². The summed E-state index contributed by atoms with van der Waals surface area (Å²) in [4.78, 5) is 12.5. The number of carbonyl (C=O) groups excluding carboxylic acids is 1. The minimum atomic E-state index is -3.84. The van der Waals surface area contributed by atoms with Gasteiger partial charge in [0, 0.05) is 5.69 Å². The van der Waals surface area contributed by atoms with E-state index in [1.807, 2.05) is 13.0 Å². The van der Waals surface area contributed by atoms with E-state index in [4.69, 9.17) is 9.47 Å². The zero-order chi connectivity index (χ0) is 21.4. The van der Waals surface area contributed by atoms with Crippen molar-refractivity contribution in [3.05, 3.63) is 48.0 Å². The second-order valence-corrected chi connectivity index (χ2v) is 8.40. The molecule has 7 nitrogen and oxygen atoms in total. The van der Waals surface area contributed by atoms with Gasteiger partial charge < -0.3 is 14.8 Å². The average Bonchev–Trinajstić information content (AvgIpc) is 2.69. The van der Waals surface area contributed by atoms with E-state index in [2.05, 4.69) is 17.0 Å². The van der Waals surface area contributed by atoms with Crippen LogP contribution in [0.3, 0.4) is 0 Å². The fraction of sp³-hybridized carbons (Fsp3) is 0.381. The van der Waals surface area contributed by atoms with E-state index in [1.54, 1.807) is 24.3 Å². The number of anilines is 1. The van der Waals surface area contributed by atoms with E-state index in [0.29, 0.717) is 18.0 Å². The summed E-state index contributed by atoms with van der Waals surface area (Å²) in [6, 6.07) is 10.4. The number of unbranched alkanes of at least 4 members (excludes halogenated alkanes) is 1. The van der Waals surface area contributed by atoms with Crippen molar-refractivity contribution in [1.82, 2.24) is 4.72 Å². The topological polar surface area (TPSA) is 93.7 Å². The largest absolute Gasteiger partial charge is 0.497 e. The molecule has 29 heavy (non-hydrogen) atoms. The van der Waals surface area contributed by atoms with Crippen molar-refractivity contribution in [3.63, 3.8) is 0 Å². The molecular formula is C21H28N2O5S. The Hall–Kier alpha value is -2.58. The number of nitrogens with one attached hydrogen (secondary N) is 2. The lowest BCUT2D eigenvalue weighted by Gasteiger charge is -2.16. The van der Waals surface area contributed by atoms with Crippen molar-refractivity contribution in [1.29, 1.82) is 0 Å². The van der Waals surface area contributed by atoms with E-state index in [-0.39, 0.29) is 4.90 Å². The van der Waals surface area contributed by atoms with Gasteiger partial charge in [-0.1, -0.05) is 13.3 Å². The van der Waals surface area contributed by atoms with Crippen LogP contribution in [-0.4, -0.2) is 34.1 Å². The van der Waals surface area contributed by atoms with Gasteiger partial charge in [-0.2, -0.15) is 4.72 Å². The second kappa shape index (κ2) is 10.3. The van der Waals surface area contributed by atoms with Crippen LogP contribution < -0.4 is 19.5 Å². The van der Waals surface area contributed by atoms with Gasteiger partial charge >= 0.3 is 0 Å². The first-order chi connectivity index (χ1) is 13.8. The monoisotopic (exact) mass is 420 g/mol. The Morgan fingerprint density at radius 3 is 2.34 bits per heavy atom. The van der Waals surface area contributed by atoms with E-state index < -0.39 is 22.0 Å². The molecule has 0 saturated carbocycles. The maximum atomic E-state index is 12.5. The number of carbonyl (C=O) groups is 1. The minimum absolute atomic E-state index is 0.0581. The molecule has 0 saturated heterocycles. The number of ether oxygens (including phenoxy) is 2. The van der Waals surface area contributed by atoms with Crippen LogP contribution >= 0.6 is 0 Å². The van der Waals surface area contributed by atoms with Crippen LogP contribution in [0.2, 0.25) is 0 Å². The highest BCUT2D eigenvalue weighted by Gasteiger charge is 2.22. The van der Waals surface area contributed by atoms with Gasteiger partial charge in [0.2, 0.25) is 15.9 Å². The first-order valence-electron chi connectivity index (χ1n) is 9.47. The molecule has 0 aliphatic carbocycles. The summed E-state index contributed by atoms with van der Waals surface area (Å²) in [5.41, 5.74) is 1.44. The first kappa shape index (κ1) is 22.7. The lowest BCUT2D eigenvalue weighted by Crippen LogP contribution is -2.41. The number of hydrogen-bond donors (Lipinski definition) is 2. The quantitative estimate of drug-likeness (QED) is 0.574. The lowest BCUT2D eigenvalue weighted by molar-refractivity contribution is -0.117. The Morgan fingerprint density at radius 1 is 1.10 bits per heavy atom. The van der Waals surface area contributed by atoms with Gasteiger partial charge in [0.15, 0.2) is 0 Å². The third-order valence-electron chi connectivity index (χ3n) is 4.32. The van der Waals surface area contributed by atoms with Crippen LogP contribution in [0.15, 0.2) is 47.4 Å². The Morgan fingerprint density at radius 2 is 1.76 bits per heavy atom. The van der Waals surface area contributed by atoms with Crippen LogP contribution in [0.1, 0.15) is 32.3 Å². The molecule has 0 aliphatic heterocycles. The van der Waals surface area contributed by atoms with Crippen molar-refractivity contribution >= 4 is 21.6 Å². The van der Waals surface area contributed by atoms with Gasteiger partial charge in [0.25, 0.3) is 0 Å².